The molecule has 2 N–H and O–H groups in total. The third kappa shape index (κ3) is 6.95. The van der Waals surface area contributed by atoms with Gasteiger partial charge in [-0.05, 0) is 43.2 Å². The summed E-state index contributed by atoms with van der Waals surface area (Å²) in [6.45, 7) is 3.80. The van der Waals surface area contributed by atoms with Crippen molar-refractivity contribution in [3.8, 4) is 10.6 Å². The van der Waals surface area contributed by atoms with Crippen LogP contribution in [0.2, 0.25) is 0 Å². The third-order valence-electron chi connectivity index (χ3n) is 8.54. The van der Waals surface area contributed by atoms with Gasteiger partial charge in [0.25, 0.3) is 5.91 Å². The highest BCUT2D eigenvalue weighted by Crippen LogP contribution is 2.35. The van der Waals surface area contributed by atoms with Crippen LogP contribution < -0.4 is 5.32 Å². The molecule has 0 radical (unpaired) electrons. The average molecular weight is 603 g/mol. The number of hydrogen-bond acceptors (Lipinski definition) is 6. The summed E-state index contributed by atoms with van der Waals surface area (Å²) in [4.78, 5) is 36.0. The lowest BCUT2D eigenvalue weighted by Crippen LogP contribution is -2.49. The van der Waals surface area contributed by atoms with Crippen LogP contribution in [0, 0.1) is 5.92 Å². The summed E-state index contributed by atoms with van der Waals surface area (Å²) >= 11 is 1.55. The Morgan fingerprint density at radius 1 is 1.07 bits per heavy atom. The summed E-state index contributed by atoms with van der Waals surface area (Å²) in [5, 5.41) is 15.4. The first-order valence-corrected chi connectivity index (χ1v) is 15.5. The predicted molar refractivity (Wildman–Crippen MR) is 157 cm³/mol. The Labute approximate surface area is 247 Å². The lowest BCUT2D eigenvalue weighted by molar-refractivity contribution is -0.207. The predicted octanol–water partition coefficient (Wildman–Crippen LogP) is 5.62. The molecule has 1 unspecified atom stereocenters. The van der Waals surface area contributed by atoms with Crippen molar-refractivity contribution >= 4 is 34.1 Å². The zero-order valence-corrected chi connectivity index (χ0v) is 24.5. The summed E-state index contributed by atoms with van der Waals surface area (Å²) in [6, 6.07) is 11.6. The number of hydrogen-bond donors (Lipinski definition) is 2. The molecule has 0 spiro atoms. The molecule has 1 saturated carbocycles. The van der Waals surface area contributed by atoms with E-state index >= 15 is 0 Å². The maximum Gasteiger partial charge on any atom is 0.414 e. The quantitative estimate of drug-likeness (QED) is 0.350. The first-order valence-electron chi connectivity index (χ1n) is 14.6. The van der Waals surface area contributed by atoms with Crippen molar-refractivity contribution in [2.45, 2.75) is 70.3 Å². The summed E-state index contributed by atoms with van der Waals surface area (Å²) in [6.07, 6.45) is -2.67. The fraction of sp³-hybridized carbons (Fsp3) is 0.516. The van der Waals surface area contributed by atoms with Gasteiger partial charge < -0.3 is 15.3 Å². The fourth-order valence-corrected chi connectivity index (χ4v) is 6.84. The number of aliphatic hydroxyl groups excluding tert-OH is 1. The van der Waals surface area contributed by atoms with Gasteiger partial charge in [-0.3, -0.25) is 14.5 Å². The van der Waals surface area contributed by atoms with Crippen LogP contribution in [0.25, 0.3) is 21.5 Å². The van der Waals surface area contributed by atoms with Gasteiger partial charge in [0.05, 0.1) is 28.1 Å². The second kappa shape index (κ2) is 13.1. The second-order valence-electron chi connectivity index (χ2n) is 11.4. The van der Waals surface area contributed by atoms with Gasteiger partial charge in [-0.1, -0.05) is 43.5 Å². The van der Waals surface area contributed by atoms with E-state index in [1.807, 2.05) is 41.8 Å². The molecule has 3 aromatic rings. The molecule has 42 heavy (non-hydrogen) atoms. The number of nitrogens with zero attached hydrogens (tertiary/aromatic N) is 3. The maximum atomic E-state index is 14.1. The molecule has 2 aliphatic rings. The van der Waals surface area contributed by atoms with Gasteiger partial charge in [0.15, 0.2) is 6.10 Å². The number of pyridine rings is 1. The van der Waals surface area contributed by atoms with Crippen LogP contribution >= 0.6 is 11.3 Å². The lowest BCUT2D eigenvalue weighted by Gasteiger charge is -2.36. The minimum atomic E-state index is -4.83. The molecule has 0 bridgehead atoms. The van der Waals surface area contributed by atoms with Crippen LogP contribution in [0.1, 0.15) is 61.4 Å². The number of aromatic nitrogens is 1. The van der Waals surface area contributed by atoms with Crippen molar-refractivity contribution in [3.05, 3.63) is 52.9 Å². The number of nitrogens with one attached hydrogen (secondary N) is 1. The molecule has 5 rings (SSSR count). The molecule has 11 heteroatoms. The number of fused-ring (bicyclic) bond motifs is 1. The van der Waals surface area contributed by atoms with Gasteiger partial charge in [-0.25, -0.2) is 4.98 Å². The van der Waals surface area contributed by atoms with E-state index < -0.39 is 24.6 Å². The first kappa shape index (κ1) is 30.4. The molecule has 3 heterocycles. The molecule has 2 atom stereocenters. The summed E-state index contributed by atoms with van der Waals surface area (Å²) < 4.78 is 38.3. The summed E-state index contributed by atoms with van der Waals surface area (Å²) in [5.74, 6) is -0.408. The number of benzene rings is 1. The molecular weight excluding hydrogens is 565 g/mol. The highest BCUT2D eigenvalue weighted by Gasteiger charge is 2.40. The molecule has 1 saturated heterocycles. The van der Waals surface area contributed by atoms with E-state index in [1.165, 1.54) is 24.2 Å². The molecule has 1 aliphatic heterocycles. The van der Waals surface area contributed by atoms with Crippen molar-refractivity contribution in [1.82, 2.24) is 20.1 Å². The van der Waals surface area contributed by atoms with E-state index in [2.05, 4.69) is 17.1 Å². The van der Waals surface area contributed by atoms with E-state index in [0.717, 1.165) is 39.9 Å². The zero-order chi connectivity index (χ0) is 29.9. The molecule has 2 fully saturated rings. The third-order valence-corrected chi connectivity index (χ3v) is 9.42. The van der Waals surface area contributed by atoms with Gasteiger partial charge in [0.2, 0.25) is 5.91 Å². The SMILES string of the molecule is CC(NC(=O)c1c(CN2CCN(C(=O)C[C@H](O)C(F)(F)F)CC2)c(-c2cccs2)nc2ccccc12)C1CCCCC1. The maximum absolute atomic E-state index is 14.1. The molecule has 1 aromatic carbocycles. The van der Waals surface area contributed by atoms with Gasteiger partial charge in [0, 0.05) is 49.7 Å². The van der Waals surface area contributed by atoms with Crippen molar-refractivity contribution in [1.29, 1.82) is 0 Å². The standard InChI is InChI=1S/C31H37F3N4O3S/c1-20(21-8-3-2-4-9-21)35-30(41)28-22-10-5-6-11-24(22)36-29(25-12-7-17-42-25)23(28)19-37-13-15-38(16-14-37)27(40)18-26(39)31(32,33)34/h5-7,10-12,17,20-21,26,39H,2-4,8-9,13-16,18-19H2,1H3,(H,35,41)/t20?,26-/m0/s1. The first-order chi connectivity index (χ1) is 20.1. The Hall–Kier alpha value is -3.02. The van der Waals surface area contributed by atoms with Gasteiger partial charge in [0.1, 0.15) is 0 Å². The molecular formula is C31H37F3N4O3S. The van der Waals surface area contributed by atoms with Crippen molar-refractivity contribution in [3.63, 3.8) is 0 Å². The zero-order valence-electron chi connectivity index (χ0n) is 23.7. The number of amides is 2. The van der Waals surface area contributed by atoms with Gasteiger partial charge >= 0.3 is 6.18 Å². The molecule has 7 nitrogen and oxygen atoms in total. The average Bonchev–Trinajstić information content (AvgIpc) is 3.52. The van der Waals surface area contributed by atoms with E-state index in [9.17, 15) is 27.9 Å². The number of aliphatic hydroxyl groups is 1. The van der Waals surface area contributed by atoms with Crippen LogP contribution in [0.3, 0.4) is 0 Å². The number of rotatable bonds is 8. The molecule has 2 amide bonds. The minimum Gasteiger partial charge on any atom is -0.383 e. The van der Waals surface area contributed by atoms with Crippen molar-refractivity contribution in [2.24, 2.45) is 5.92 Å². The van der Waals surface area contributed by atoms with Crippen LogP contribution in [-0.2, 0) is 11.3 Å². The minimum absolute atomic E-state index is 0.0318. The molecule has 226 valence electrons. The normalized spacial score (nSPS) is 18.6. The number of alkyl halides is 3. The van der Waals surface area contributed by atoms with Crippen LogP contribution in [-0.4, -0.2) is 76.2 Å². The topological polar surface area (TPSA) is 85.8 Å². The fourth-order valence-electron chi connectivity index (χ4n) is 6.10. The number of thiophene rings is 1. The number of halogens is 3. The number of piperazine rings is 1. The van der Waals surface area contributed by atoms with Gasteiger partial charge in [-0.15, -0.1) is 11.3 Å². The van der Waals surface area contributed by atoms with E-state index in [1.54, 1.807) is 11.3 Å². The highest BCUT2D eigenvalue weighted by molar-refractivity contribution is 7.13. The molecule has 2 aromatic heterocycles. The van der Waals surface area contributed by atoms with Crippen LogP contribution in [0.5, 0.6) is 0 Å². The van der Waals surface area contributed by atoms with Crippen molar-refractivity contribution < 1.29 is 27.9 Å². The summed E-state index contributed by atoms with van der Waals surface area (Å²) in [7, 11) is 0. The number of carbonyl (C=O) groups is 2. The second-order valence-corrected chi connectivity index (χ2v) is 12.3. The Balaban J connectivity index is 1.42. The lowest BCUT2D eigenvalue weighted by atomic mass is 9.84. The summed E-state index contributed by atoms with van der Waals surface area (Å²) in [5.41, 5.74) is 2.87. The number of carbonyl (C=O) groups excluding carboxylic acids is 2. The van der Waals surface area contributed by atoms with E-state index in [-0.39, 0.29) is 25.0 Å². The van der Waals surface area contributed by atoms with E-state index in [0.29, 0.717) is 31.1 Å². The Morgan fingerprint density at radius 2 is 1.79 bits per heavy atom. The van der Waals surface area contributed by atoms with E-state index in [4.69, 9.17) is 4.98 Å². The largest absolute Gasteiger partial charge is 0.414 e. The Bertz CT molecular complexity index is 1380. The van der Waals surface area contributed by atoms with Gasteiger partial charge in [-0.2, -0.15) is 13.2 Å². The Morgan fingerprint density at radius 3 is 2.45 bits per heavy atom. The van der Waals surface area contributed by atoms with Crippen LogP contribution in [0.4, 0.5) is 13.2 Å². The monoisotopic (exact) mass is 602 g/mol. The Kier molecular flexibility index (Phi) is 9.49. The number of para-hydroxylation sites is 1. The van der Waals surface area contributed by atoms with Crippen LogP contribution in [0.15, 0.2) is 41.8 Å². The molecule has 1 aliphatic carbocycles. The van der Waals surface area contributed by atoms with Crippen molar-refractivity contribution in [2.75, 3.05) is 26.2 Å². The smallest absolute Gasteiger partial charge is 0.383 e. The highest BCUT2D eigenvalue weighted by atomic mass is 32.1.